The van der Waals surface area contributed by atoms with Crippen molar-refractivity contribution in [2.45, 2.75) is 0 Å². The Hall–Kier alpha value is -3.48. The predicted octanol–water partition coefficient (Wildman–Crippen LogP) is 3.41. The van der Waals surface area contributed by atoms with Gasteiger partial charge in [-0.3, -0.25) is 0 Å². The van der Waals surface area contributed by atoms with Crippen molar-refractivity contribution in [2.24, 2.45) is 0 Å². The molecule has 0 atom stereocenters. The highest BCUT2D eigenvalue weighted by molar-refractivity contribution is 5.69. The van der Waals surface area contributed by atoms with E-state index in [1.54, 1.807) is 6.08 Å². The summed E-state index contributed by atoms with van der Waals surface area (Å²) in [5, 5.41) is 4.03. The van der Waals surface area contributed by atoms with Gasteiger partial charge in [0.15, 0.2) is 23.0 Å². The molecule has 2 aliphatic heterocycles. The van der Waals surface area contributed by atoms with E-state index in [-0.39, 0.29) is 6.79 Å². The predicted molar refractivity (Wildman–Crippen MR) is 92.2 cm³/mol. The summed E-state index contributed by atoms with van der Waals surface area (Å²) in [5.41, 5.74) is 1.76. The number of hydrogen-bond acceptors (Lipinski definition) is 7. The van der Waals surface area contributed by atoms with E-state index in [0.717, 1.165) is 28.4 Å². The second-order valence-electron chi connectivity index (χ2n) is 5.76. The van der Waals surface area contributed by atoms with Gasteiger partial charge in [-0.15, -0.1) is 0 Å². The third-order valence-corrected chi connectivity index (χ3v) is 4.06. The van der Waals surface area contributed by atoms with Crippen molar-refractivity contribution in [3.05, 3.63) is 47.9 Å². The number of ether oxygens (including phenoxy) is 4. The van der Waals surface area contributed by atoms with Crippen molar-refractivity contribution in [1.29, 1.82) is 0 Å². The van der Waals surface area contributed by atoms with Crippen LogP contribution in [0.25, 0.3) is 23.5 Å². The minimum Gasteiger partial charge on any atom is -0.486 e. The van der Waals surface area contributed by atoms with Gasteiger partial charge < -0.3 is 23.5 Å². The van der Waals surface area contributed by atoms with E-state index in [2.05, 4.69) is 10.1 Å². The van der Waals surface area contributed by atoms with Crippen LogP contribution in [0.5, 0.6) is 23.0 Å². The van der Waals surface area contributed by atoms with Crippen molar-refractivity contribution in [1.82, 2.24) is 10.1 Å². The number of aromatic nitrogens is 2. The zero-order valence-electron chi connectivity index (χ0n) is 13.7. The van der Waals surface area contributed by atoms with Crippen LogP contribution in [0, 0.1) is 0 Å². The lowest BCUT2D eigenvalue weighted by Crippen LogP contribution is -2.15. The smallest absolute Gasteiger partial charge is 0.250 e. The van der Waals surface area contributed by atoms with Crippen LogP contribution in [-0.4, -0.2) is 30.1 Å². The summed E-state index contributed by atoms with van der Waals surface area (Å²) >= 11 is 0. The van der Waals surface area contributed by atoms with Gasteiger partial charge in [-0.2, -0.15) is 4.98 Å². The van der Waals surface area contributed by atoms with Gasteiger partial charge in [0.25, 0.3) is 5.89 Å². The molecule has 0 N–H and O–H groups in total. The first-order chi connectivity index (χ1) is 12.8. The molecule has 2 aliphatic rings. The zero-order valence-corrected chi connectivity index (χ0v) is 13.7. The Balaban J connectivity index is 1.37. The lowest BCUT2D eigenvalue weighted by molar-refractivity contribution is 0.171. The minimum absolute atomic E-state index is 0.255. The third-order valence-electron chi connectivity index (χ3n) is 4.06. The molecule has 0 saturated heterocycles. The average Bonchev–Trinajstić information content (AvgIpc) is 3.35. The van der Waals surface area contributed by atoms with Crippen molar-refractivity contribution < 1.29 is 23.5 Å². The van der Waals surface area contributed by atoms with Gasteiger partial charge in [-0.25, -0.2) is 0 Å². The van der Waals surface area contributed by atoms with Crippen molar-refractivity contribution in [3.8, 4) is 34.4 Å². The Kier molecular flexibility index (Phi) is 3.48. The molecule has 0 spiro atoms. The summed E-state index contributed by atoms with van der Waals surface area (Å²) in [6.45, 7) is 1.35. The van der Waals surface area contributed by atoms with Crippen LogP contribution in [0.3, 0.4) is 0 Å². The van der Waals surface area contributed by atoms with E-state index >= 15 is 0 Å². The summed E-state index contributed by atoms with van der Waals surface area (Å²) in [5.74, 6) is 3.80. The minimum atomic E-state index is 0.255. The normalized spacial score (nSPS) is 14.8. The van der Waals surface area contributed by atoms with Crippen LogP contribution in [0.2, 0.25) is 0 Å². The number of benzene rings is 2. The molecule has 3 aromatic rings. The molecule has 1 aromatic heterocycles. The maximum Gasteiger partial charge on any atom is 0.250 e. The molecular formula is C19H14N2O5. The quantitative estimate of drug-likeness (QED) is 0.716. The Morgan fingerprint density at radius 3 is 2.50 bits per heavy atom. The molecule has 0 aliphatic carbocycles. The first-order valence-corrected chi connectivity index (χ1v) is 8.17. The molecule has 0 fully saturated rings. The number of nitrogens with zero attached hydrogens (tertiary/aromatic N) is 2. The molecular weight excluding hydrogens is 336 g/mol. The molecule has 0 unspecified atom stereocenters. The van der Waals surface area contributed by atoms with Gasteiger partial charge in [0, 0.05) is 11.6 Å². The van der Waals surface area contributed by atoms with Crippen molar-refractivity contribution >= 4 is 12.2 Å². The number of hydrogen-bond donors (Lipinski definition) is 0. The van der Waals surface area contributed by atoms with Gasteiger partial charge in [-0.05, 0) is 42.0 Å². The lowest BCUT2D eigenvalue weighted by Gasteiger charge is -2.18. The van der Waals surface area contributed by atoms with Crippen LogP contribution in [0.15, 0.2) is 40.9 Å². The van der Waals surface area contributed by atoms with E-state index in [0.29, 0.717) is 30.7 Å². The Labute approximate surface area is 148 Å². The first kappa shape index (κ1) is 14.8. The average molecular weight is 350 g/mol. The molecule has 7 heteroatoms. The molecule has 130 valence electrons. The highest BCUT2D eigenvalue weighted by Gasteiger charge is 2.15. The van der Waals surface area contributed by atoms with E-state index < -0.39 is 0 Å². The number of rotatable bonds is 3. The second-order valence-corrected chi connectivity index (χ2v) is 5.76. The van der Waals surface area contributed by atoms with Crippen molar-refractivity contribution in [2.75, 3.05) is 20.0 Å². The Morgan fingerprint density at radius 2 is 1.54 bits per heavy atom. The summed E-state index contributed by atoms with van der Waals surface area (Å²) in [4.78, 5) is 4.40. The highest BCUT2D eigenvalue weighted by Crippen LogP contribution is 2.34. The fraction of sp³-hybridized carbons (Fsp3) is 0.158. The van der Waals surface area contributed by atoms with Gasteiger partial charge in [0.05, 0.1) is 0 Å². The molecule has 5 rings (SSSR count). The molecule has 3 heterocycles. The first-order valence-electron chi connectivity index (χ1n) is 8.17. The number of fused-ring (bicyclic) bond motifs is 2. The maximum absolute atomic E-state index is 5.59. The van der Waals surface area contributed by atoms with Crippen LogP contribution in [0.1, 0.15) is 11.5 Å². The highest BCUT2D eigenvalue weighted by atomic mass is 16.7. The molecule has 0 amide bonds. The lowest BCUT2D eigenvalue weighted by atomic mass is 10.2. The summed E-state index contributed by atoms with van der Waals surface area (Å²) < 4.78 is 27.1. The van der Waals surface area contributed by atoms with E-state index in [1.165, 1.54) is 0 Å². The van der Waals surface area contributed by atoms with E-state index in [4.69, 9.17) is 23.5 Å². The van der Waals surface area contributed by atoms with Crippen LogP contribution < -0.4 is 18.9 Å². The van der Waals surface area contributed by atoms with Gasteiger partial charge in [-0.1, -0.05) is 11.2 Å². The molecule has 7 nitrogen and oxygen atoms in total. The molecule has 0 saturated carbocycles. The van der Waals surface area contributed by atoms with Gasteiger partial charge in [0.2, 0.25) is 12.6 Å². The molecule has 26 heavy (non-hydrogen) atoms. The van der Waals surface area contributed by atoms with Gasteiger partial charge >= 0.3 is 0 Å². The van der Waals surface area contributed by atoms with Crippen LogP contribution in [0.4, 0.5) is 0 Å². The largest absolute Gasteiger partial charge is 0.486 e. The van der Waals surface area contributed by atoms with Gasteiger partial charge in [0.1, 0.15) is 13.2 Å². The Morgan fingerprint density at radius 1 is 0.769 bits per heavy atom. The van der Waals surface area contributed by atoms with Crippen LogP contribution >= 0.6 is 0 Å². The summed E-state index contributed by atoms with van der Waals surface area (Å²) in [7, 11) is 0. The zero-order chi connectivity index (χ0) is 17.3. The Bertz CT molecular complexity index is 995. The molecule has 2 aromatic carbocycles. The molecule has 0 bridgehead atoms. The fourth-order valence-electron chi connectivity index (χ4n) is 2.79. The monoisotopic (exact) mass is 350 g/mol. The van der Waals surface area contributed by atoms with Crippen LogP contribution in [-0.2, 0) is 0 Å². The standard InChI is InChI=1S/C19H14N2O5/c1-4-15-16(25-11-24-15)9-12(1)2-6-18-20-19(21-26-18)13-3-5-14-17(10-13)23-8-7-22-14/h1-6,9-10H,7-8,11H2/b6-2+. The third kappa shape index (κ3) is 2.73. The van der Waals surface area contributed by atoms with E-state index in [9.17, 15) is 0 Å². The summed E-state index contributed by atoms with van der Waals surface area (Å²) in [6.07, 6.45) is 3.63. The fourth-order valence-corrected chi connectivity index (χ4v) is 2.79. The maximum atomic E-state index is 5.59. The van der Waals surface area contributed by atoms with E-state index in [1.807, 2.05) is 42.5 Å². The SMILES string of the molecule is C(=C\c1nc(-c2ccc3c(c2)OCCO3)no1)/c1ccc2c(c1)OCO2. The second kappa shape index (κ2) is 6.11. The van der Waals surface area contributed by atoms with Crippen molar-refractivity contribution in [3.63, 3.8) is 0 Å². The molecule has 0 radical (unpaired) electrons. The topological polar surface area (TPSA) is 75.8 Å². The summed E-state index contributed by atoms with van der Waals surface area (Å²) in [6, 6.07) is 11.3.